The normalized spacial score (nSPS) is 12.6. The molecule has 264 valence electrons. The highest BCUT2D eigenvalue weighted by atomic mass is 16.5. The fourth-order valence-corrected chi connectivity index (χ4v) is 4.29. The van der Waals surface area contributed by atoms with Crippen LogP contribution in [-0.4, -0.2) is 68.8 Å². The predicted octanol–water partition coefficient (Wildman–Crippen LogP) is 2.26. The van der Waals surface area contributed by atoms with Gasteiger partial charge in [0.1, 0.15) is 18.1 Å². The van der Waals surface area contributed by atoms with Crippen LogP contribution in [0.15, 0.2) is 52.3 Å². The summed E-state index contributed by atoms with van der Waals surface area (Å²) in [7, 11) is 0. The van der Waals surface area contributed by atoms with Crippen molar-refractivity contribution >= 4 is 35.3 Å². The van der Waals surface area contributed by atoms with Crippen molar-refractivity contribution in [3.8, 4) is 0 Å². The molecule has 0 amide bonds. The summed E-state index contributed by atoms with van der Waals surface area (Å²) in [6, 6.07) is -4.81. The Labute approximate surface area is 277 Å². The van der Waals surface area contributed by atoms with Gasteiger partial charge in [-0.05, 0) is 77.5 Å². The van der Waals surface area contributed by atoms with Gasteiger partial charge in [-0.15, -0.1) is 0 Å². The molecule has 1 heterocycles. The lowest BCUT2D eigenvalue weighted by Crippen LogP contribution is -2.59. The Bertz CT molecular complexity index is 1340. The number of esters is 3. The zero-order valence-electron chi connectivity index (χ0n) is 27.8. The molecule has 1 aromatic rings. The number of ether oxygens (including phenoxy) is 3. The van der Waals surface area contributed by atoms with Gasteiger partial charge in [0.15, 0.2) is 17.3 Å². The Morgan fingerprint density at radius 3 is 0.938 bits per heavy atom. The summed E-state index contributed by atoms with van der Waals surface area (Å²) in [4.78, 5) is 114. The van der Waals surface area contributed by atoms with Crippen molar-refractivity contribution in [3.05, 3.63) is 69.4 Å². The number of allylic oxidation sites excluding steroid dienone is 3. The van der Waals surface area contributed by atoms with Crippen LogP contribution in [0.1, 0.15) is 96.7 Å². The molecule has 0 fully saturated rings. The lowest BCUT2D eigenvalue weighted by Gasteiger charge is -2.22. The van der Waals surface area contributed by atoms with Crippen molar-refractivity contribution in [2.24, 2.45) is 0 Å². The molecule has 48 heavy (non-hydrogen) atoms. The van der Waals surface area contributed by atoms with Gasteiger partial charge in [-0.3, -0.25) is 14.4 Å². The fraction of sp³-hybridized carbons (Fsp3) is 0.545. The summed E-state index contributed by atoms with van der Waals surface area (Å²) in [6.07, 6.45) is 6.14. The van der Waals surface area contributed by atoms with Gasteiger partial charge < -0.3 is 14.2 Å². The van der Waals surface area contributed by atoms with E-state index in [0.717, 1.165) is 0 Å². The van der Waals surface area contributed by atoms with Crippen LogP contribution in [0.5, 0.6) is 0 Å². The molecule has 0 saturated carbocycles. The molecule has 0 aromatic carbocycles. The highest BCUT2D eigenvalue weighted by Gasteiger charge is 2.32. The SMILES string of the molecule is C=CC(=O)CCCCOC(=O)C(C)n1c(=O)n(C(C)C(=O)OCCCCC(=O)C=C)c(=O)n(C(C)C(=O)OCCCCC(=O)C=C)c1=O. The van der Waals surface area contributed by atoms with E-state index in [2.05, 4.69) is 19.7 Å². The summed E-state index contributed by atoms with van der Waals surface area (Å²) >= 11 is 0. The van der Waals surface area contributed by atoms with E-state index in [1.165, 1.54) is 39.0 Å². The molecule has 15 heteroatoms. The van der Waals surface area contributed by atoms with Crippen LogP contribution in [0.4, 0.5) is 0 Å². The average molecular weight is 676 g/mol. The highest BCUT2D eigenvalue weighted by Crippen LogP contribution is 2.10. The first kappa shape index (κ1) is 41.1. The minimum absolute atomic E-state index is 0.140. The zero-order valence-corrected chi connectivity index (χ0v) is 27.8. The summed E-state index contributed by atoms with van der Waals surface area (Å²) in [5.74, 6) is -3.61. The first-order valence-electron chi connectivity index (χ1n) is 15.7. The summed E-state index contributed by atoms with van der Waals surface area (Å²) in [5.41, 5.74) is -3.97. The van der Waals surface area contributed by atoms with E-state index in [4.69, 9.17) is 14.2 Å². The van der Waals surface area contributed by atoms with Crippen molar-refractivity contribution in [1.29, 1.82) is 0 Å². The van der Waals surface area contributed by atoms with E-state index in [1.54, 1.807) is 0 Å². The Morgan fingerprint density at radius 2 is 0.729 bits per heavy atom. The first-order chi connectivity index (χ1) is 22.7. The maximum atomic E-state index is 13.6. The quantitative estimate of drug-likeness (QED) is 0.0672. The molecule has 1 rings (SSSR count). The van der Waals surface area contributed by atoms with Crippen molar-refractivity contribution in [2.45, 2.75) is 96.7 Å². The number of aromatic nitrogens is 3. The second-order valence-corrected chi connectivity index (χ2v) is 10.9. The minimum Gasteiger partial charge on any atom is -0.464 e. The maximum Gasteiger partial charge on any atom is 0.337 e. The van der Waals surface area contributed by atoms with Crippen molar-refractivity contribution in [3.63, 3.8) is 0 Å². The number of hydrogen-bond donors (Lipinski definition) is 0. The number of hydrogen-bond acceptors (Lipinski definition) is 12. The molecule has 0 saturated heterocycles. The number of rotatable bonds is 24. The van der Waals surface area contributed by atoms with Crippen molar-refractivity contribution < 1.29 is 43.0 Å². The molecule has 1 aromatic heterocycles. The highest BCUT2D eigenvalue weighted by molar-refractivity contribution is 5.89. The molecule has 3 atom stereocenters. The van der Waals surface area contributed by atoms with Gasteiger partial charge in [-0.2, -0.15) is 0 Å². The lowest BCUT2D eigenvalue weighted by molar-refractivity contribution is -0.147. The maximum absolute atomic E-state index is 13.6. The summed E-state index contributed by atoms with van der Waals surface area (Å²) < 4.78 is 16.8. The van der Waals surface area contributed by atoms with Crippen LogP contribution in [0.25, 0.3) is 0 Å². The lowest BCUT2D eigenvalue weighted by atomic mass is 10.2. The van der Waals surface area contributed by atoms with E-state index in [-0.39, 0.29) is 56.4 Å². The van der Waals surface area contributed by atoms with E-state index in [0.29, 0.717) is 52.2 Å². The fourth-order valence-electron chi connectivity index (χ4n) is 4.29. The predicted molar refractivity (Wildman–Crippen MR) is 173 cm³/mol. The molecule has 0 aliphatic rings. The number of nitrogens with zero attached hydrogens (tertiary/aromatic N) is 3. The van der Waals surface area contributed by atoms with E-state index in [1.807, 2.05) is 0 Å². The van der Waals surface area contributed by atoms with Gasteiger partial charge in [0.05, 0.1) is 19.8 Å². The molecule has 0 aliphatic heterocycles. The largest absolute Gasteiger partial charge is 0.464 e. The van der Waals surface area contributed by atoms with Gasteiger partial charge in [0.25, 0.3) is 0 Å². The topological polar surface area (TPSA) is 196 Å². The van der Waals surface area contributed by atoms with Gasteiger partial charge in [-0.25, -0.2) is 42.5 Å². The third-order valence-electron chi connectivity index (χ3n) is 7.29. The van der Waals surface area contributed by atoms with Crippen molar-refractivity contribution in [2.75, 3.05) is 19.8 Å². The molecule has 3 unspecified atom stereocenters. The summed E-state index contributed by atoms with van der Waals surface area (Å²) in [5, 5.41) is 0. The third kappa shape index (κ3) is 12.3. The molecular formula is C33H45N3O12. The number of carbonyl (C=O) groups excluding carboxylic acids is 6. The van der Waals surface area contributed by atoms with Crippen LogP contribution in [-0.2, 0) is 43.0 Å². The first-order valence-corrected chi connectivity index (χ1v) is 15.7. The molecule has 0 radical (unpaired) electrons. The smallest absolute Gasteiger partial charge is 0.337 e. The van der Waals surface area contributed by atoms with Crippen LogP contribution in [0.3, 0.4) is 0 Å². The Morgan fingerprint density at radius 1 is 0.500 bits per heavy atom. The van der Waals surface area contributed by atoms with Crippen LogP contribution < -0.4 is 17.1 Å². The van der Waals surface area contributed by atoms with E-state index >= 15 is 0 Å². The van der Waals surface area contributed by atoms with E-state index in [9.17, 15) is 43.2 Å². The molecule has 0 bridgehead atoms. The molecule has 0 spiro atoms. The Hall–Kier alpha value is -4.95. The van der Waals surface area contributed by atoms with Crippen LogP contribution >= 0.6 is 0 Å². The standard InChI is InChI=1S/C33H45N3O12/c1-7-25(37)16-10-13-19-46-28(40)22(4)34-31(43)35(23(5)29(41)47-20-14-11-17-26(38)8-2)33(45)36(32(34)44)24(6)30(42)48-21-15-12-18-27(39)9-3/h7-9,22-24H,1-3,10-21H2,4-6H3. The summed E-state index contributed by atoms with van der Waals surface area (Å²) in [6.45, 7) is 13.2. The monoisotopic (exact) mass is 675 g/mol. The number of carbonyl (C=O) groups is 6. The molecule has 0 aliphatic carbocycles. The van der Waals surface area contributed by atoms with Crippen LogP contribution in [0.2, 0.25) is 0 Å². The number of unbranched alkanes of at least 4 members (excludes halogenated alkanes) is 3. The Kier molecular flexibility index (Phi) is 18.0. The molecule has 0 N–H and O–H groups in total. The van der Waals surface area contributed by atoms with Crippen molar-refractivity contribution in [1.82, 2.24) is 13.7 Å². The zero-order chi connectivity index (χ0) is 36.4. The van der Waals surface area contributed by atoms with E-state index < -0.39 is 53.1 Å². The minimum atomic E-state index is -1.60. The second-order valence-electron chi connectivity index (χ2n) is 10.9. The second kappa shape index (κ2) is 21.0. The molecular weight excluding hydrogens is 630 g/mol. The van der Waals surface area contributed by atoms with Gasteiger partial charge in [0, 0.05) is 19.3 Å². The van der Waals surface area contributed by atoms with Gasteiger partial charge in [-0.1, -0.05) is 19.7 Å². The number of ketones is 3. The van der Waals surface area contributed by atoms with Gasteiger partial charge >= 0.3 is 35.0 Å². The van der Waals surface area contributed by atoms with Gasteiger partial charge in [0.2, 0.25) is 0 Å². The van der Waals surface area contributed by atoms with Crippen LogP contribution in [0, 0.1) is 0 Å². The third-order valence-corrected chi connectivity index (χ3v) is 7.29. The molecule has 15 nitrogen and oxygen atoms in total. The Balaban J connectivity index is 3.38. The average Bonchev–Trinajstić information content (AvgIpc) is 3.06.